The van der Waals surface area contributed by atoms with Crippen molar-refractivity contribution in [2.75, 3.05) is 5.32 Å². The monoisotopic (exact) mass is 568 g/mol. The average Bonchev–Trinajstić information content (AvgIpc) is 3.40. The highest BCUT2D eigenvalue weighted by molar-refractivity contribution is 5.92. The van der Waals surface area contributed by atoms with Crippen molar-refractivity contribution in [3.8, 4) is 5.75 Å². The van der Waals surface area contributed by atoms with Crippen molar-refractivity contribution in [2.45, 2.75) is 45.3 Å². The SMILES string of the molecule is O=C(Cc1cccc(OC(F)(F)F)c1)Nc1ccn(CCCCn2cc(C(=O)NCc3ccccc3)nn2)c(=O)c1. The van der Waals surface area contributed by atoms with Gasteiger partial charge in [0.2, 0.25) is 5.91 Å². The molecule has 0 aliphatic carbocycles. The Balaban J connectivity index is 1.20. The number of carbonyl (C=O) groups excluding carboxylic acids is 2. The summed E-state index contributed by atoms with van der Waals surface area (Å²) in [4.78, 5) is 37.1. The number of amides is 2. The second-order valence-corrected chi connectivity index (χ2v) is 9.11. The Hall–Kier alpha value is -4.94. The van der Waals surface area contributed by atoms with Gasteiger partial charge >= 0.3 is 6.36 Å². The number of anilines is 1. The number of carbonyl (C=O) groups is 2. The van der Waals surface area contributed by atoms with E-state index in [-0.39, 0.29) is 29.3 Å². The van der Waals surface area contributed by atoms with Crippen LogP contribution >= 0.6 is 0 Å². The maximum Gasteiger partial charge on any atom is 0.573 e. The topological polar surface area (TPSA) is 120 Å². The first kappa shape index (κ1) is 29.1. The molecule has 13 heteroatoms. The first-order valence-electron chi connectivity index (χ1n) is 12.7. The molecule has 0 spiro atoms. The number of nitrogens with one attached hydrogen (secondary N) is 2. The van der Waals surface area contributed by atoms with Crippen molar-refractivity contribution in [3.05, 3.63) is 106 Å². The van der Waals surface area contributed by atoms with E-state index >= 15 is 0 Å². The van der Waals surface area contributed by atoms with E-state index in [0.717, 1.165) is 17.7 Å². The minimum absolute atomic E-state index is 0.198. The lowest BCUT2D eigenvalue weighted by atomic mass is 10.1. The molecule has 0 atom stereocenters. The summed E-state index contributed by atoms with van der Waals surface area (Å²) < 4.78 is 44.2. The Morgan fingerprint density at radius 2 is 1.68 bits per heavy atom. The molecule has 2 aromatic heterocycles. The van der Waals surface area contributed by atoms with Gasteiger partial charge in [-0.25, -0.2) is 0 Å². The summed E-state index contributed by atoms with van der Waals surface area (Å²) in [6, 6.07) is 17.5. The van der Waals surface area contributed by atoms with Crippen molar-refractivity contribution in [1.29, 1.82) is 0 Å². The lowest BCUT2D eigenvalue weighted by Gasteiger charge is -2.11. The minimum Gasteiger partial charge on any atom is -0.406 e. The zero-order valence-electron chi connectivity index (χ0n) is 21.8. The van der Waals surface area contributed by atoms with Gasteiger partial charge in [0.05, 0.1) is 12.6 Å². The number of unbranched alkanes of at least 4 members (excludes halogenated alkanes) is 1. The number of benzene rings is 2. The summed E-state index contributed by atoms with van der Waals surface area (Å²) in [5.41, 5.74) is 1.48. The van der Waals surface area contributed by atoms with Crippen LogP contribution in [-0.4, -0.2) is 37.7 Å². The second kappa shape index (κ2) is 13.4. The number of ether oxygens (including phenoxy) is 1. The van der Waals surface area contributed by atoms with E-state index < -0.39 is 18.0 Å². The van der Waals surface area contributed by atoms with Gasteiger partial charge in [-0.3, -0.25) is 19.1 Å². The smallest absolute Gasteiger partial charge is 0.406 e. The number of aromatic nitrogens is 4. The zero-order chi connectivity index (χ0) is 29.2. The summed E-state index contributed by atoms with van der Waals surface area (Å²) in [6.45, 7) is 1.33. The second-order valence-electron chi connectivity index (χ2n) is 9.11. The average molecular weight is 569 g/mol. The fourth-order valence-corrected chi connectivity index (χ4v) is 3.95. The van der Waals surface area contributed by atoms with Crippen LogP contribution in [0.5, 0.6) is 5.75 Å². The maximum atomic E-state index is 12.5. The van der Waals surface area contributed by atoms with E-state index in [1.165, 1.54) is 22.8 Å². The number of nitrogens with zero attached hydrogens (tertiary/aromatic N) is 4. The van der Waals surface area contributed by atoms with Gasteiger partial charge in [0, 0.05) is 37.6 Å². The zero-order valence-corrected chi connectivity index (χ0v) is 21.8. The van der Waals surface area contributed by atoms with E-state index in [9.17, 15) is 27.6 Å². The Morgan fingerprint density at radius 1 is 0.927 bits per heavy atom. The summed E-state index contributed by atoms with van der Waals surface area (Å²) in [5.74, 6) is -1.23. The van der Waals surface area contributed by atoms with E-state index in [4.69, 9.17) is 0 Å². The Kier molecular flexibility index (Phi) is 9.51. The molecule has 4 rings (SSSR count). The predicted octanol–water partition coefficient (Wildman–Crippen LogP) is 3.93. The van der Waals surface area contributed by atoms with Gasteiger partial charge in [0.15, 0.2) is 5.69 Å². The van der Waals surface area contributed by atoms with E-state index in [1.54, 1.807) is 23.1 Å². The Labute approximate surface area is 232 Å². The summed E-state index contributed by atoms with van der Waals surface area (Å²) in [7, 11) is 0. The van der Waals surface area contributed by atoms with Crippen LogP contribution in [0.15, 0.2) is 83.9 Å². The van der Waals surface area contributed by atoms with Crippen molar-refractivity contribution >= 4 is 17.5 Å². The molecule has 0 aliphatic rings. The first-order chi connectivity index (χ1) is 19.6. The third-order valence-corrected chi connectivity index (χ3v) is 5.88. The van der Waals surface area contributed by atoms with E-state index in [1.807, 2.05) is 30.3 Å². The molecule has 0 saturated carbocycles. The molecule has 10 nitrogen and oxygen atoms in total. The Bertz CT molecular complexity index is 1540. The molecule has 2 heterocycles. The molecule has 0 aliphatic heterocycles. The minimum atomic E-state index is -4.83. The van der Waals surface area contributed by atoms with Crippen molar-refractivity contribution in [2.24, 2.45) is 0 Å². The lowest BCUT2D eigenvalue weighted by molar-refractivity contribution is -0.274. The molecule has 0 bridgehead atoms. The number of hydrogen-bond donors (Lipinski definition) is 2. The molecule has 0 radical (unpaired) electrons. The van der Waals surface area contributed by atoms with Crippen LogP contribution in [0.1, 0.15) is 34.5 Å². The molecule has 0 unspecified atom stereocenters. The largest absolute Gasteiger partial charge is 0.573 e. The number of alkyl halides is 3. The normalized spacial score (nSPS) is 11.2. The van der Waals surface area contributed by atoms with Gasteiger partial charge in [0.1, 0.15) is 5.75 Å². The summed E-state index contributed by atoms with van der Waals surface area (Å²) in [6.07, 6.45) is -0.569. The number of aryl methyl sites for hydroxylation is 2. The van der Waals surface area contributed by atoms with Gasteiger partial charge in [-0.15, -0.1) is 18.3 Å². The Morgan fingerprint density at radius 3 is 2.44 bits per heavy atom. The molecule has 0 fully saturated rings. The van der Waals surface area contributed by atoms with Gasteiger partial charge in [-0.1, -0.05) is 47.7 Å². The predicted molar refractivity (Wildman–Crippen MR) is 143 cm³/mol. The van der Waals surface area contributed by atoms with Crippen LogP contribution < -0.4 is 20.9 Å². The van der Waals surface area contributed by atoms with E-state index in [2.05, 4.69) is 25.7 Å². The highest BCUT2D eigenvalue weighted by Crippen LogP contribution is 2.23. The van der Waals surface area contributed by atoms with Crippen LogP contribution in [0, 0.1) is 0 Å². The molecule has 4 aromatic rings. The molecular weight excluding hydrogens is 541 g/mol. The standard InChI is InChI=1S/C28H27F3N6O4/c29-28(30,31)41-23-10-6-9-21(15-23)16-25(38)33-22-11-14-36(26(39)17-22)12-4-5-13-37-19-24(34-35-37)27(40)32-18-20-7-2-1-3-8-20/h1-3,6-11,14-15,17,19H,4-5,12-13,16,18H2,(H,32,40)(H,33,38). The molecule has 2 aromatic carbocycles. The fraction of sp³-hybridized carbons (Fsp3) is 0.250. The van der Waals surface area contributed by atoms with Crippen molar-refractivity contribution in [3.63, 3.8) is 0 Å². The van der Waals surface area contributed by atoms with Crippen LogP contribution in [0.25, 0.3) is 0 Å². The van der Waals surface area contributed by atoms with Crippen LogP contribution in [0.4, 0.5) is 18.9 Å². The number of hydrogen-bond acceptors (Lipinski definition) is 6. The van der Waals surface area contributed by atoms with Gasteiger partial charge in [-0.05, 0) is 42.2 Å². The quantitative estimate of drug-likeness (QED) is 0.250. The molecule has 2 N–H and O–H groups in total. The van der Waals surface area contributed by atoms with Gasteiger partial charge in [0.25, 0.3) is 11.5 Å². The fourth-order valence-electron chi connectivity index (χ4n) is 3.95. The van der Waals surface area contributed by atoms with Crippen molar-refractivity contribution in [1.82, 2.24) is 24.9 Å². The third-order valence-electron chi connectivity index (χ3n) is 5.88. The summed E-state index contributed by atoms with van der Waals surface area (Å²) >= 11 is 0. The highest BCUT2D eigenvalue weighted by atomic mass is 19.4. The summed E-state index contributed by atoms with van der Waals surface area (Å²) in [5, 5.41) is 13.3. The third kappa shape index (κ3) is 9.34. The molecular formula is C28H27F3N6O4. The van der Waals surface area contributed by atoms with E-state index in [0.29, 0.717) is 38.0 Å². The number of halogens is 3. The van der Waals surface area contributed by atoms with Crippen LogP contribution in [-0.2, 0) is 30.8 Å². The first-order valence-corrected chi connectivity index (χ1v) is 12.7. The molecule has 214 valence electrons. The molecule has 0 saturated heterocycles. The molecule has 2 amide bonds. The molecule has 41 heavy (non-hydrogen) atoms. The number of pyridine rings is 1. The highest BCUT2D eigenvalue weighted by Gasteiger charge is 2.31. The number of rotatable bonds is 12. The van der Waals surface area contributed by atoms with Gasteiger partial charge < -0.3 is 19.9 Å². The van der Waals surface area contributed by atoms with Crippen LogP contribution in [0.3, 0.4) is 0 Å². The van der Waals surface area contributed by atoms with Crippen molar-refractivity contribution < 1.29 is 27.5 Å². The lowest BCUT2D eigenvalue weighted by Crippen LogP contribution is -2.23. The van der Waals surface area contributed by atoms with Gasteiger partial charge in [-0.2, -0.15) is 0 Å². The maximum absolute atomic E-state index is 12.5. The van der Waals surface area contributed by atoms with Crippen LogP contribution in [0.2, 0.25) is 0 Å².